The number of ether oxygens (including phenoxy) is 1. The highest BCUT2D eigenvalue weighted by atomic mass is 79.9. The quantitative estimate of drug-likeness (QED) is 0.655. The molecule has 0 fully saturated rings. The van der Waals surface area contributed by atoms with Gasteiger partial charge in [0.25, 0.3) is 5.91 Å². The number of amides is 2. The second-order valence-corrected chi connectivity index (χ2v) is 6.44. The van der Waals surface area contributed by atoms with Crippen LogP contribution in [0.5, 0.6) is 5.75 Å². The lowest BCUT2D eigenvalue weighted by atomic mass is 10.1. The van der Waals surface area contributed by atoms with Gasteiger partial charge in [0.2, 0.25) is 5.91 Å². The maximum Gasteiger partial charge on any atom is 0.273 e. The molecule has 3 N–H and O–H groups in total. The van der Waals surface area contributed by atoms with Crippen LogP contribution < -0.4 is 15.4 Å². The largest absolute Gasteiger partial charge is 0.494 e. The molecule has 0 spiro atoms. The molecule has 0 aliphatic heterocycles. The number of carbonyl (C=O) groups excluding carboxylic acids is 2. The molecule has 0 atom stereocenters. The molecule has 2 amide bonds. The van der Waals surface area contributed by atoms with Crippen molar-refractivity contribution in [2.75, 3.05) is 18.5 Å². The number of nitrogens with one attached hydrogen (secondary N) is 3. The predicted octanol–water partition coefficient (Wildman–Crippen LogP) is 3.06. The number of aromatic amines is 1. The summed E-state index contributed by atoms with van der Waals surface area (Å²) in [5.41, 5.74) is 1.70. The van der Waals surface area contributed by atoms with Gasteiger partial charge in [0.05, 0.1) is 23.3 Å². The molecular formula is C17H21BrN4O3. The molecule has 1 heterocycles. The highest BCUT2D eigenvalue weighted by molar-refractivity contribution is 9.10. The van der Waals surface area contributed by atoms with E-state index in [2.05, 4.69) is 36.8 Å². The standard InChI is InChI=1S/C17H21BrN4O3/c1-4-25-12-7-5-11(6-8-12)20-13(23)9-19-17(24)16-14(18)15(10(2)3)21-22-16/h5-8,10H,4,9H2,1-3H3,(H,19,24)(H,20,23)(H,21,22). The lowest BCUT2D eigenvalue weighted by molar-refractivity contribution is -0.115. The minimum absolute atomic E-state index is 0.150. The normalized spacial score (nSPS) is 10.6. The number of halogens is 1. The van der Waals surface area contributed by atoms with Crippen molar-refractivity contribution in [2.45, 2.75) is 26.7 Å². The van der Waals surface area contributed by atoms with Crippen LogP contribution in [-0.4, -0.2) is 35.2 Å². The van der Waals surface area contributed by atoms with E-state index in [0.29, 0.717) is 16.8 Å². The highest BCUT2D eigenvalue weighted by Crippen LogP contribution is 2.25. The second kappa shape index (κ2) is 8.66. The van der Waals surface area contributed by atoms with E-state index in [1.165, 1.54) is 0 Å². The number of nitrogens with zero attached hydrogens (tertiary/aromatic N) is 1. The first-order chi connectivity index (χ1) is 11.9. The molecule has 1 aromatic carbocycles. The Kier molecular flexibility index (Phi) is 6.58. The Morgan fingerprint density at radius 1 is 1.28 bits per heavy atom. The van der Waals surface area contributed by atoms with Gasteiger partial charge in [-0.05, 0) is 53.0 Å². The average molecular weight is 409 g/mol. The van der Waals surface area contributed by atoms with Crippen LogP contribution in [0.2, 0.25) is 0 Å². The number of hydrogen-bond donors (Lipinski definition) is 3. The van der Waals surface area contributed by atoms with Gasteiger partial charge in [0.1, 0.15) is 5.75 Å². The molecular weight excluding hydrogens is 388 g/mol. The average Bonchev–Trinajstić information content (AvgIpc) is 2.96. The Morgan fingerprint density at radius 3 is 2.52 bits per heavy atom. The van der Waals surface area contributed by atoms with Crippen molar-refractivity contribution in [3.63, 3.8) is 0 Å². The number of hydrogen-bond acceptors (Lipinski definition) is 4. The minimum Gasteiger partial charge on any atom is -0.494 e. The Balaban J connectivity index is 1.88. The van der Waals surface area contributed by atoms with E-state index in [-0.39, 0.29) is 24.1 Å². The van der Waals surface area contributed by atoms with E-state index in [4.69, 9.17) is 4.74 Å². The molecule has 0 aliphatic rings. The van der Waals surface area contributed by atoms with Gasteiger partial charge in [-0.3, -0.25) is 14.7 Å². The molecule has 8 heteroatoms. The summed E-state index contributed by atoms with van der Waals surface area (Å²) in [4.78, 5) is 24.1. The molecule has 2 aromatic rings. The second-order valence-electron chi connectivity index (χ2n) is 5.64. The van der Waals surface area contributed by atoms with Crippen molar-refractivity contribution in [3.8, 4) is 5.75 Å². The fraction of sp³-hybridized carbons (Fsp3) is 0.353. The summed E-state index contributed by atoms with van der Waals surface area (Å²) in [6.45, 7) is 6.32. The number of aromatic nitrogens is 2. The molecule has 1 aromatic heterocycles. The Bertz CT molecular complexity index is 741. The third-order valence-corrected chi connectivity index (χ3v) is 4.19. The van der Waals surface area contributed by atoms with Crippen LogP contribution in [0.4, 0.5) is 5.69 Å². The van der Waals surface area contributed by atoms with Crippen molar-refractivity contribution in [2.24, 2.45) is 0 Å². The SMILES string of the molecule is CCOc1ccc(NC(=O)CNC(=O)c2n[nH]c(C(C)C)c2Br)cc1. The first kappa shape index (κ1) is 19.0. The summed E-state index contributed by atoms with van der Waals surface area (Å²) in [5.74, 6) is 0.189. The van der Waals surface area contributed by atoms with Gasteiger partial charge in [-0.1, -0.05) is 13.8 Å². The van der Waals surface area contributed by atoms with Crippen LogP contribution in [0, 0.1) is 0 Å². The number of carbonyl (C=O) groups is 2. The van der Waals surface area contributed by atoms with E-state index in [1.54, 1.807) is 24.3 Å². The van der Waals surface area contributed by atoms with Crippen LogP contribution in [0.3, 0.4) is 0 Å². The van der Waals surface area contributed by atoms with Crippen molar-refractivity contribution < 1.29 is 14.3 Å². The molecule has 25 heavy (non-hydrogen) atoms. The number of H-pyrrole nitrogens is 1. The van der Waals surface area contributed by atoms with Crippen molar-refractivity contribution >= 4 is 33.4 Å². The van der Waals surface area contributed by atoms with Gasteiger partial charge in [0, 0.05) is 5.69 Å². The topological polar surface area (TPSA) is 96.1 Å². The molecule has 0 saturated heterocycles. The van der Waals surface area contributed by atoms with Gasteiger partial charge in [-0.25, -0.2) is 0 Å². The lowest BCUT2D eigenvalue weighted by Gasteiger charge is -2.08. The molecule has 0 unspecified atom stereocenters. The molecule has 0 radical (unpaired) electrons. The molecule has 0 aliphatic carbocycles. The summed E-state index contributed by atoms with van der Waals surface area (Å²) in [5, 5.41) is 12.1. The monoisotopic (exact) mass is 408 g/mol. The predicted molar refractivity (Wildman–Crippen MR) is 99.0 cm³/mol. The lowest BCUT2D eigenvalue weighted by Crippen LogP contribution is -2.33. The first-order valence-corrected chi connectivity index (χ1v) is 8.76. The van der Waals surface area contributed by atoms with Crippen molar-refractivity contribution in [3.05, 3.63) is 40.1 Å². The van der Waals surface area contributed by atoms with Gasteiger partial charge in [-0.15, -0.1) is 0 Å². The summed E-state index contributed by atoms with van der Waals surface area (Å²) in [7, 11) is 0. The maximum absolute atomic E-state index is 12.2. The van der Waals surface area contributed by atoms with E-state index in [9.17, 15) is 9.59 Å². The van der Waals surface area contributed by atoms with Gasteiger partial charge >= 0.3 is 0 Å². The van der Waals surface area contributed by atoms with Crippen LogP contribution in [-0.2, 0) is 4.79 Å². The van der Waals surface area contributed by atoms with Crippen LogP contribution in [0.25, 0.3) is 0 Å². The maximum atomic E-state index is 12.2. The zero-order valence-electron chi connectivity index (χ0n) is 14.4. The zero-order valence-corrected chi connectivity index (χ0v) is 15.9. The van der Waals surface area contributed by atoms with Gasteiger partial charge < -0.3 is 15.4 Å². The van der Waals surface area contributed by atoms with Crippen molar-refractivity contribution in [1.82, 2.24) is 15.5 Å². The third-order valence-electron chi connectivity index (χ3n) is 3.38. The van der Waals surface area contributed by atoms with E-state index >= 15 is 0 Å². The van der Waals surface area contributed by atoms with E-state index in [0.717, 1.165) is 11.4 Å². The summed E-state index contributed by atoms with van der Waals surface area (Å²) in [6, 6.07) is 7.02. The number of anilines is 1. The van der Waals surface area contributed by atoms with Gasteiger partial charge in [0.15, 0.2) is 5.69 Å². The number of rotatable bonds is 7. The summed E-state index contributed by atoms with van der Waals surface area (Å²) >= 11 is 3.37. The fourth-order valence-electron chi connectivity index (χ4n) is 2.13. The minimum atomic E-state index is -0.420. The van der Waals surface area contributed by atoms with Crippen LogP contribution >= 0.6 is 15.9 Å². The number of benzene rings is 1. The molecule has 7 nitrogen and oxygen atoms in total. The summed E-state index contributed by atoms with van der Waals surface area (Å²) in [6.07, 6.45) is 0. The highest BCUT2D eigenvalue weighted by Gasteiger charge is 2.19. The third kappa shape index (κ3) is 5.06. The zero-order chi connectivity index (χ0) is 18.4. The Labute approximate surface area is 154 Å². The molecule has 134 valence electrons. The Hall–Kier alpha value is -2.35. The molecule has 0 saturated carbocycles. The van der Waals surface area contributed by atoms with E-state index < -0.39 is 5.91 Å². The summed E-state index contributed by atoms with van der Waals surface area (Å²) < 4.78 is 5.96. The van der Waals surface area contributed by atoms with Crippen molar-refractivity contribution in [1.29, 1.82) is 0 Å². The Morgan fingerprint density at radius 2 is 1.96 bits per heavy atom. The molecule has 2 rings (SSSR count). The van der Waals surface area contributed by atoms with Crippen LogP contribution in [0.1, 0.15) is 42.9 Å². The first-order valence-electron chi connectivity index (χ1n) is 7.97. The van der Waals surface area contributed by atoms with Gasteiger partial charge in [-0.2, -0.15) is 5.10 Å². The van der Waals surface area contributed by atoms with Crippen LogP contribution in [0.15, 0.2) is 28.7 Å². The molecule has 0 bridgehead atoms. The van der Waals surface area contributed by atoms with E-state index in [1.807, 2.05) is 20.8 Å². The fourth-order valence-corrected chi connectivity index (χ4v) is 2.94. The smallest absolute Gasteiger partial charge is 0.273 e.